The molecule has 0 aromatic rings. The van der Waals surface area contributed by atoms with Gasteiger partial charge in [-0.2, -0.15) is 0 Å². The zero-order chi connectivity index (χ0) is 8.60. The van der Waals surface area contributed by atoms with Gasteiger partial charge in [0.25, 0.3) is 0 Å². The average molecular weight is 168 g/mol. The normalized spacial score (nSPS) is 25.9. The fourth-order valence-corrected chi connectivity index (χ4v) is 2.02. The maximum Gasteiger partial charge on any atom is 0.222 e. The van der Waals surface area contributed by atoms with E-state index in [1.807, 2.05) is 6.92 Å². The molecule has 1 aliphatic heterocycles. The van der Waals surface area contributed by atoms with Crippen molar-refractivity contribution in [3.8, 4) is 0 Å². The number of amides is 1. The second-order valence-electron chi connectivity index (χ2n) is 3.80. The van der Waals surface area contributed by atoms with Crippen LogP contribution in [0.3, 0.4) is 0 Å². The maximum atomic E-state index is 11.5. The van der Waals surface area contributed by atoms with Crippen molar-refractivity contribution >= 4 is 5.91 Å². The van der Waals surface area contributed by atoms with Crippen molar-refractivity contribution in [2.45, 2.75) is 31.7 Å². The van der Waals surface area contributed by atoms with Crippen molar-refractivity contribution in [2.24, 2.45) is 0 Å². The summed E-state index contributed by atoms with van der Waals surface area (Å²) < 4.78 is 0. The van der Waals surface area contributed by atoms with E-state index in [1.54, 1.807) is 0 Å². The molecular weight excluding hydrogens is 152 g/mol. The molecule has 1 aliphatic carbocycles. The number of nitrogens with zero attached hydrogens (tertiary/aromatic N) is 1. The van der Waals surface area contributed by atoms with Gasteiger partial charge in [-0.15, -0.1) is 0 Å². The van der Waals surface area contributed by atoms with E-state index in [0.717, 1.165) is 19.6 Å². The highest BCUT2D eigenvalue weighted by Gasteiger charge is 2.50. The van der Waals surface area contributed by atoms with Gasteiger partial charge < -0.3 is 10.2 Å². The SMILES string of the molecule is CCC(=O)N1CCNCC12CC2. The first kappa shape index (κ1) is 8.05. The maximum absolute atomic E-state index is 11.5. The molecule has 3 nitrogen and oxygen atoms in total. The molecule has 1 saturated carbocycles. The molecule has 1 amide bonds. The molecule has 2 rings (SSSR count). The molecule has 2 fully saturated rings. The van der Waals surface area contributed by atoms with E-state index in [4.69, 9.17) is 0 Å². The van der Waals surface area contributed by atoms with E-state index < -0.39 is 0 Å². The van der Waals surface area contributed by atoms with Gasteiger partial charge in [-0.25, -0.2) is 0 Å². The van der Waals surface area contributed by atoms with Gasteiger partial charge in [-0.05, 0) is 12.8 Å². The molecule has 0 bridgehead atoms. The number of hydrogen-bond acceptors (Lipinski definition) is 2. The molecule has 1 N–H and O–H groups in total. The van der Waals surface area contributed by atoms with Crippen molar-refractivity contribution in [3.05, 3.63) is 0 Å². The van der Waals surface area contributed by atoms with Crippen molar-refractivity contribution in [2.75, 3.05) is 19.6 Å². The lowest BCUT2D eigenvalue weighted by Crippen LogP contribution is -2.55. The summed E-state index contributed by atoms with van der Waals surface area (Å²) >= 11 is 0. The first-order valence-corrected chi connectivity index (χ1v) is 4.80. The summed E-state index contributed by atoms with van der Waals surface area (Å²) in [6.07, 6.45) is 3.05. The Balaban J connectivity index is 2.06. The van der Waals surface area contributed by atoms with Crippen LogP contribution in [0.1, 0.15) is 26.2 Å². The van der Waals surface area contributed by atoms with Crippen LogP contribution in [-0.2, 0) is 4.79 Å². The third kappa shape index (κ3) is 1.12. The summed E-state index contributed by atoms with van der Waals surface area (Å²) in [6, 6.07) is 0. The fraction of sp³-hybridized carbons (Fsp3) is 0.889. The molecule has 0 unspecified atom stereocenters. The third-order valence-corrected chi connectivity index (χ3v) is 2.97. The van der Waals surface area contributed by atoms with Crippen LogP contribution in [0.2, 0.25) is 0 Å². The molecule has 2 aliphatic rings. The number of hydrogen-bond donors (Lipinski definition) is 1. The highest BCUT2D eigenvalue weighted by molar-refractivity contribution is 5.77. The minimum Gasteiger partial charge on any atom is -0.334 e. The predicted molar refractivity (Wildman–Crippen MR) is 46.8 cm³/mol. The standard InChI is InChI=1S/C9H16N2O/c1-2-8(12)11-6-5-10-7-9(11)3-4-9/h10H,2-7H2,1H3. The minimum atomic E-state index is 0.241. The number of piperazine rings is 1. The summed E-state index contributed by atoms with van der Waals surface area (Å²) in [6.45, 7) is 4.83. The summed E-state index contributed by atoms with van der Waals surface area (Å²) in [5.41, 5.74) is 0.241. The Hall–Kier alpha value is -0.570. The summed E-state index contributed by atoms with van der Waals surface area (Å²) in [5, 5.41) is 3.35. The Kier molecular flexibility index (Phi) is 1.83. The van der Waals surface area contributed by atoms with Gasteiger partial charge in [0.05, 0.1) is 5.54 Å². The van der Waals surface area contributed by atoms with E-state index in [0.29, 0.717) is 12.3 Å². The molecule has 0 atom stereocenters. The van der Waals surface area contributed by atoms with Gasteiger partial charge in [0.15, 0.2) is 0 Å². The molecular formula is C9H16N2O. The molecule has 1 heterocycles. The number of nitrogens with one attached hydrogen (secondary N) is 1. The second-order valence-corrected chi connectivity index (χ2v) is 3.80. The van der Waals surface area contributed by atoms with Gasteiger partial charge >= 0.3 is 0 Å². The molecule has 1 spiro atoms. The lowest BCUT2D eigenvalue weighted by atomic mass is 10.1. The van der Waals surface area contributed by atoms with Crippen LogP contribution in [0.25, 0.3) is 0 Å². The van der Waals surface area contributed by atoms with Gasteiger partial charge in [0.1, 0.15) is 0 Å². The Morgan fingerprint density at radius 1 is 1.58 bits per heavy atom. The highest BCUT2D eigenvalue weighted by atomic mass is 16.2. The minimum absolute atomic E-state index is 0.241. The Morgan fingerprint density at radius 3 is 2.92 bits per heavy atom. The van der Waals surface area contributed by atoms with E-state index in [2.05, 4.69) is 10.2 Å². The second kappa shape index (κ2) is 2.73. The Morgan fingerprint density at radius 2 is 2.33 bits per heavy atom. The monoisotopic (exact) mass is 168 g/mol. The lowest BCUT2D eigenvalue weighted by molar-refractivity contribution is -0.134. The quantitative estimate of drug-likeness (QED) is 0.613. The van der Waals surface area contributed by atoms with E-state index in [-0.39, 0.29) is 5.54 Å². The fourth-order valence-electron chi connectivity index (χ4n) is 2.02. The molecule has 0 aromatic heterocycles. The van der Waals surface area contributed by atoms with E-state index in [1.165, 1.54) is 12.8 Å². The summed E-state index contributed by atoms with van der Waals surface area (Å²) in [5.74, 6) is 0.328. The zero-order valence-electron chi connectivity index (χ0n) is 7.60. The van der Waals surface area contributed by atoms with Crippen molar-refractivity contribution in [1.29, 1.82) is 0 Å². The summed E-state index contributed by atoms with van der Waals surface area (Å²) in [7, 11) is 0. The molecule has 3 heteroatoms. The molecule has 0 aromatic carbocycles. The predicted octanol–water partition coefficient (Wildman–Crippen LogP) is 0.361. The van der Waals surface area contributed by atoms with Gasteiger partial charge in [0, 0.05) is 26.1 Å². The van der Waals surface area contributed by atoms with Gasteiger partial charge in [-0.1, -0.05) is 6.92 Å². The molecule has 68 valence electrons. The first-order valence-electron chi connectivity index (χ1n) is 4.80. The van der Waals surface area contributed by atoms with Gasteiger partial charge in [0.2, 0.25) is 5.91 Å². The lowest BCUT2D eigenvalue weighted by Gasteiger charge is -2.36. The van der Waals surface area contributed by atoms with Crippen LogP contribution >= 0.6 is 0 Å². The van der Waals surface area contributed by atoms with Crippen LogP contribution in [0, 0.1) is 0 Å². The van der Waals surface area contributed by atoms with Crippen LogP contribution in [0.5, 0.6) is 0 Å². The van der Waals surface area contributed by atoms with Crippen LogP contribution < -0.4 is 5.32 Å². The van der Waals surface area contributed by atoms with Crippen LogP contribution in [0.4, 0.5) is 0 Å². The third-order valence-electron chi connectivity index (χ3n) is 2.97. The van der Waals surface area contributed by atoms with Crippen LogP contribution in [0.15, 0.2) is 0 Å². The number of carbonyl (C=O) groups is 1. The smallest absolute Gasteiger partial charge is 0.222 e. The number of rotatable bonds is 1. The van der Waals surface area contributed by atoms with Crippen molar-refractivity contribution in [3.63, 3.8) is 0 Å². The zero-order valence-corrected chi connectivity index (χ0v) is 7.60. The molecule has 1 saturated heterocycles. The number of carbonyl (C=O) groups excluding carboxylic acids is 1. The largest absolute Gasteiger partial charge is 0.334 e. The first-order chi connectivity index (χ1) is 5.78. The molecule has 0 radical (unpaired) electrons. The Labute approximate surface area is 73.1 Å². The van der Waals surface area contributed by atoms with E-state index >= 15 is 0 Å². The average Bonchev–Trinajstić information content (AvgIpc) is 2.85. The summed E-state index contributed by atoms with van der Waals surface area (Å²) in [4.78, 5) is 13.6. The van der Waals surface area contributed by atoms with Crippen LogP contribution in [-0.4, -0.2) is 36.0 Å². The van der Waals surface area contributed by atoms with Crippen molar-refractivity contribution in [1.82, 2.24) is 10.2 Å². The topological polar surface area (TPSA) is 32.3 Å². The van der Waals surface area contributed by atoms with E-state index in [9.17, 15) is 4.79 Å². The molecule has 12 heavy (non-hydrogen) atoms. The van der Waals surface area contributed by atoms with Gasteiger partial charge in [-0.3, -0.25) is 4.79 Å². The van der Waals surface area contributed by atoms with Crippen molar-refractivity contribution < 1.29 is 4.79 Å². The Bertz CT molecular complexity index is 199. The highest BCUT2D eigenvalue weighted by Crippen LogP contribution is 2.42.